The maximum Gasteiger partial charge on any atom is 0.334 e. The van der Waals surface area contributed by atoms with Gasteiger partial charge in [-0.25, -0.2) is 22.9 Å². The molecule has 3 aromatic rings. The van der Waals surface area contributed by atoms with E-state index >= 15 is 0 Å². The molecule has 132 valence electrons. The minimum absolute atomic E-state index is 0.0191. The summed E-state index contributed by atoms with van der Waals surface area (Å²) in [4.78, 5) is 16.1. The summed E-state index contributed by atoms with van der Waals surface area (Å²) in [5.41, 5.74) is 2.82. The van der Waals surface area contributed by atoms with Crippen LogP contribution in [0.5, 0.6) is 0 Å². The van der Waals surface area contributed by atoms with Crippen molar-refractivity contribution in [3.05, 3.63) is 78.5 Å². The number of hydrogen-bond acceptors (Lipinski definition) is 4. The summed E-state index contributed by atoms with van der Waals surface area (Å²) in [7, 11) is -3.94. The second kappa shape index (κ2) is 7.37. The van der Waals surface area contributed by atoms with Gasteiger partial charge in [0.1, 0.15) is 5.82 Å². The fourth-order valence-electron chi connectivity index (χ4n) is 2.31. The second-order valence-electron chi connectivity index (χ2n) is 5.67. The van der Waals surface area contributed by atoms with E-state index in [0.29, 0.717) is 0 Å². The van der Waals surface area contributed by atoms with Crippen molar-refractivity contribution >= 4 is 21.9 Å². The summed E-state index contributed by atoms with van der Waals surface area (Å²) in [5.74, 6) is 0.251. The third kappa shape index (κ3) is 4.25. The number of anilines is 1. The van der Waals surface area contributed by atoms with Gasteiger partial charge in [-0.1, -0.05) is 48.0 Å². The minimum Gasteiger partial charge on any atom is -0.292 e. The highest BCUT2D eigenvalue weighted by Gasteiger charge is 2.17. The quantitative estimate of drug-likeness (QED) is 0.738. The Morgan fingerprint density at radius 2 is 1.58 bits per heavy atom. The Labute approximate surface area is 152 Å². The standard InChI is InChI=1S/C19H17N3O3S/c1-14-7-10-17(11-8-14)26(24,25)22-19(23)21-18-12-9-16(13-20-18)15-5-3-2-4-6-15/h2-13H,1H3,(H2,20,21,22,23). The maximum absolute atomic E-state index is 12.2. The third-order valence-corrected chi connectivity index (χ3v) is 5.02. The van der Waals surface area contributed by atoms with Gasteiger partial charge in [0.25, 0.3) is 10.0 Å². The van der Waals surface area contributed by atoms with Crippen LogP contribution in [-0.2, 0) is 10.0 Å². The molecule has 0 atom stereocenters. The largest absolute Gasteiger partial charge is 0.334 e. The summed E-state index contributed by atoms with van der Waals surface area (Å²) in [5, 5.41) is 2.42. The number of aromatic nitrogens is 1. The number of amides is 2. The number of aryl methyl sites for hydroxylation is 1. The van der Waals surface area contributed by atoms with E-state index in [0.717, 1.165) is 16.7 Å². The first kappa shape index (κ1) is 17.6. The topological polar surface area (TPSA) is 88.2 Å². The van der Waals surface area contributed by atoms with E-state index in [2.05, 4.69) is 10.3 Å². The number of carbonyl (C=O) groups excluding carboxylic acids is 1. The highest BCUT2D eigenvalue weighted by Crippen LogP contribution is 2.19. The smallest absolute Gasteiger partial charge is 0.292 e. The Morgan fingerprint density at radius 3 is 2.19 bits per heavy atom. The van der Waals surface area contributed by atoms with Crippen molar-refractivity contribution in [2.75, 3.05) is 5.32 Å². The SMILES string of the molecule is Cc1ccc(S(=O)(=O)NC(=O)Nc2ccc(-c3ccccc3)cn2)cc1. The summed E-state index contributed by atoms with van der Waals surface area (Å²) < 4.78 is 26.4. The van der Waals surface area contributed by atoms with Gasteiger partial charge in [-0.3, -0.25) is 5.32 Å². The van der Waals surface area contributed by atoms with Gasteiger partial charge in [0, 0.05) is 11.8 Å². The maximum atomic E-state index is 12.2. The van der Waals surface area contributed by atoms with Gasteiger partial charge in [0.05, 0.1) is 4.90 Å². The molecular weight excluding hydrogens is 350 g/mol. The van der Waals surface area contributed by atoms with Crippen molar-refractivity contribution in [2.45, 2.75) is 11.8 Å². The Hall–Kier alpha value is -3.19. The molecule has 0 aliphatic heterocycles. The van der Waals surface area contributed by atoms with Gasteiger partial charge < -0.3 is 0 Å². The van der Waals surface area contributed by atoms with E-state index in [1.54, 1.807) is 30.5 Å². The first-order valence-corrected chi connectivity index (χ1v) is 9.34. The minimum atomic E-state index is -3.94. The van der Waals surface area contributed by atoms with Crippen molar-refractivity contribution in [1.29, 1.82) is 0 Å². The molecule has 0 unspecified atom stereocenters. The second-order valence-corrected chi connectivity index (χ2v) is 7.35. The van der Waals surface area contributed by atoms with Crippen molar-refractivity contribution < 1.29 is 13.2 Å². The van der Waals surface area contributed by atoms with Gasteiger partial charge in [-0.2, -0.15) is 0 Å². The molecular formula is C19H17N3O3S. The molecule has 6 nitrogen and oxygen atoms in total. The van der Waals surface area contributed by atoms with Crippen LogP contribution in [0, 0.1) is 6.92 Å². The number of pyridine rings is 1. The highest BCUT2D eigenvalue weighted by molar-refractivity contribution is 7.90. The molecule has 1 aromatic heterocycles. The zero-order valence-electron chi connectivity index (χ0n) is 14.0. The molecule has 2 N–H and O–H groups in total. The molecule has 0 bridgehead atoms. The number of benzene rings is 2. The average molecular weight is 367 g/mol. The molecule has 0 radical (unpaired) electrons. The van der Waals surface area contributed by atoms with Gasteiger partial charge in [-0.05, 0) is 36.8 Å². The first-order chi connectivity index (χ1) is 12.4. The first-order valence-electron chi connectivity index (χ1n) is 7.86. The lowest BCUT2D eigenvalue weighted by atomic mass is 10.1. The van der Waals surface area contributed by atoms with Crippen molar-refractivity contribution in [3.8, 4) is 11.1 Å². The van der Waals surface area contributed by atoms with Crippen molar-refractivity contribution in [1.82, 2.24) is 9.71 Å². The van der Waals surface area contributed by atoms with Gasteiger partial charge in [-0.15, -0.1) is 0 Å². The van der Waals surface area contributed by atoms with E-state index in [1.807, 2.05) is 42.0 Å². The van der Waals surface area contributed by atoms with E-state index < -0.39 is 16.1 Å². The van der Waals surface area contributed by atoms with E-state index in [-0.39, 0.29) is 10.7 Å². The van der Waals surface area contributed by atoms with Crippen LogP contribution in [0.2, 0.25) is 0 Å². The van der Waals surface area contributed by atoms with E-state index in [4.69, 9.17) is 0 Å². The number of sulfonamides is 1. The number of hydrogen-bond donors (Lipinski definition) is 2. The zero-order valence-corrected chi connectivity index (χ0v) is 14.8. The number of carbonyl (C=O) groups is 1. The fraction of sp³-hybridized carbons (Fsp3) is 0.0526. The number of rotatable bonds is 4. The predicted molar refractivity (Wildman–Crippen MR) is 100 cm³/mol. The molecule has 0 spiro atoms. The van der Waals surface area contributed by atoms with E-state index in [1.165, 1.54) is 12.1 Å². The van der Waals surface area contributed by atoms with Crippen molar-refractivity contribution in [3.63, 3.8) is 0 Å². The Balaban J connectivity index is 1.67. The predicted octanol–water partition coefficient (Wildman–Crippen LogP) is 3.57. The van der Waals surface area contributed by atoms with Gasteiger partial charge in [0.2, 0.25) is 0 Å². The lowest BCUT2D eigenvalue weighted by molar-refractivity contribution is 0.256. The average Bonchev–Trinajstić information content (AvgIpc) is 2.63. The molecule has 2 aromatic carbocycles. The Kier molecular flexibility index (Phi) is 4.99. The normalized spacial score (nSPS) is 11.0. The summed E-state index contributed by atoms with van der Waals surface area (Å²) in [6, 6.07) is 18.4. The van der Waals surface area contributed by atoms with Crippen LogP contribution in [0.3, 0.4) is 0 Å². The van der Waals surface area contributed by atoms with Crippen LogP contribution in [0.25, 0.3) is 11.1 Å². The Morgan fingerprint density at radius 1 is 0.885 bits per heavy atom. The molecule has 3 rings (SSSR count). The molecule has 0 aliphatic rings. The number of nitrogens with one attached hydrogen (secondary N) is 2. The van der Waals surface area contributed by atoms with Gasteiger partial charge in [0.15, 0.2) is 0 Å². The summed E-state index contributed by atoms with van der Waals surface area (Å²) in [6.07, 6.45) is 1.61. The molecule has 0 aliphatic carbocycles. The van der Waals surface area contributed by atoms with Crippen LogP contribution in [0.1, 0.15) is 5.56 Å². The summed E-state index contributed by atoms with van der Waals surface area (Å²) >= 11 is 0. The Bertz CT molecular complexity index is 1000. The lowest BCUT2D eigenvalue weighted by Gasteiger charge is -2.09. The van der Waals surface area contributed by atoms with Crippen molar-refractivity contribution in [2.24, 2.45) is 0 Å². The molecule has 0 saturated carbocycles. The number of nitrogens with zero attached hydrogens (tertiary/aromatic N) is 1. The fourth-order valence-corrected chi connectivity index (χ4v) is 3.22. The lowest BCUT2D eigenvalue weighted by Crippen LogP contribution is -2.34. The summed E-state index contributed by atoms with van der Waals surface area (Å²) in [6.45, 7) is 1.85. The van der Waals surface area contributed by atoms with Crippen LogP contribution < -0.4 is 10.0 Å². The van der Waals surface area contributed by atoms with E-state index in [9.17, 15) is 13.2 Å². The molecule has 0 saturated heterocycles. The van der Waals surface area contributed by atoms with Crippen LogP contribution in [0.15, 0.2) is 77.8 Å². The number of urea groups is 1. The highest BCUT2D eigenvalue weighted by atomic mass is 32.2. The molecule has 2 amide bonds. The van der Waals surface area contributed by atoms with Crippen LogP contribution in [0.4, 0.5) is 10.6 Å². The zero-order chi connectivity index (χ0) is 18.6. The van der Waals surface area contributed by atoms with Crippen LogP contribution >= 0.6 is 0 Å². The molecule has 7 heteroatoms. The van der Waals surface area contributed by atoms with Gasteiger partial charge >= 0.3 is 6.03 Å². The van der Waals surface area contributed by atoms with Crippen LogP contribution in [-0.4, -0.2) is 19.4 Å². The molecule has 26 heavy (non-hydrogen) atoms. The monoisotopic (exact) mass is 367 g/mol. The molecule has 0 fully saturated rings. The molecule has 1 heterocycles. The third-order valence-electron chi connectivity index (χ3n) is 3.67.